The number of hydrogen-bond acceptors (Lipinski definition) is 2. The number of nitrogens with zero attached hydrogens (tertiary/aromatic N) is 2. The average Bonchev–Trinajstić information content (AvgIpc) is 2.58. The largest absolute Gasteiger partial charge is 0.417 e. The minimum absolute atomic E-state index is 0.00407. The molecule has 0 saturated carbocycles. The number of nitrogens with two attached hydrogens (primary N) is 1. The highest BCUT2D eigenvalue weighted by atomic mass is 79.9. The lowest BCUT2D eigenvalue weighted by molar-refractivity contribution is -0.138. The fourth-order valence-electron chi connectivity index (χ4n) is 1.48. The highest BCUT2D eigenvalue weighted by molar-refractivity contribution is 9.10. The number of benzene rings is 1. The zero-order valence-electron chi connectivity index (χ0n) is 9.29. The van der Waals surface area contributed by atoms with Crippen LogP contribution in [0, 0.1) is 6.92 Å². The van der Waals surface area contributed by atoms with Crippen molar-refractivity contribution < 1.29 is 13.2 Å². The van der Waals surface area contributed by atoms with Crippen molar-refractivity contribution in [3.8, 4) is 5.69 Å². The van der Waals surface area contributed by atoms with Gasteiger partial charge in [0.2, 0.25) is 0 Å². The maximum atomic E-state index is 12.7. The summed E-state index contributed by atoms with van der Waals surface area (Å²) in [6.45, 7) is 1.74. The first-order valence-corrected chi connectivity index (χ1v) is 5.77. The molecule has 1 aromatic heterocycles. The molecule has 0 aliphatic carbocycles. The van der Waals surface area contributed by atoms with Crippen LogP contribution in [0.3, 0.4) is 0 Å². The Kier molecular flexibility index (Phi) is 3.10. The van der Waals surface area contributed by atoms with Crippen LogP contribution in [-0.4, -0.2) is 9.78 Å². The van der Waals surface area contributed by atoms with E-state index in [0.717, 1.165) is 6.07 Å². The highest BCUT2D eigenvalue weighted by Crippen LogP contribution is 2.36. The van der Waals surface area contributed by atoms with Crippen molar-refractivity contribution in [1.29, 1.82) is 0 Å². The normalized spacial score (nSPS) is 11.8. The second-order valence-corrected chi connectivity index (χ2v) is 4.66. The molecule has 3 nitrogen and oxygen atoms in total. The highest BCUT2D eigenvalue weighted by Gasteiger charge is 2.33. The van der Waals surface area contributed by atoms with Crippen LogP contribution in [0.1, 0.15) is 11.1 Å². The zero-order valence-corrected chi connectivity index (χ0v) is 10.9. The van der Waals surface area contributed by atoms with E-state index in [2.05, 4.69) is 21.0 Å². The first-order chi connectivity index (χ1) is 8.29. The van der Waals surface area contributed by atoms with Crippen molar-refractivity contribution in [2.45, 2.75) is 13.1 Å². The fourth-order valence-corrected chi connectivity index (χ4v) is 1.95. The molecular weight excluding hydrogens is 311 g/mol. The summed E-state index contributed by atoms with van der Waals surface area (Å²) in [7, 11) is 0. The Hall–Kier alpha value is -1.50. The molecule has 0 aliphatic heterocycles. The predicted molar refractivity (Wildman–Crippen MR) is 65.4 cm³/mol. The quantitative estimate of drug-likeness (QED) is 0.873. The number of halogens is 4. The van der Waals surface area contributed by atoms with Gasteiger partial charge in [0.15, 0.2) is 0 Å². The number of alkyl halides is 3. The molecule has 7 heteroatoms. The SMILES string of the molecule is Cc1cn(-c2ccc(Br)c(C(F)(F)F)c2)nc1N. The molecule has 0 fully saturated rings. The zero-order chi connectivity index (χ0) is 13.5. The Balaban J connectivity index is 2.54. The van der Waals surface area contributed by atoms with Gasteiger partial charge in [0.1, 0.15) is 5.82 Å². The van der Waals surface area contributed by atoms with Gasteiger partial charge in [-0.05, 0) is 25.1 Å². The van der Waals surface area contributed by atoms with Crippen LogP contribution < -0.4 is 5.73 Å². The van der Waals surface area contributed by atoms with Gasteiger partial charge in [-0.1, -0.05) is 15.9 Å². The van der Waals surface area contributed by atoms with Gasteiger partial charge in [-0.2, -0.15) is 18.3 Å². The third kappa shape index (κ3) is 2.35. The molecule has 1 heterocycles. The van der Waals surface area contributed by atoms with Crippen LogP contribution in [0.4, 0.5) is 19.0 Å². The molecule has 0 aliphatic rings. The van der Waals surface area contributed by atoms with E-state index in [1.165, 1.54) is 16.8 Å². The van der Waals surface area contributed by atoms with Gasteiger partial charge in [-0.15, -0.1) is 0 Å². The summed E-state index contributed by atoms with van der Waals surface area (Å²) < 4.78 is 39.6. The van der Waals surface area contributed by atoms with Crippen LogP contribution in [0.2, 0.25) is 0 Å². The lowest BCUT2D eigenvalue weighted by Gasteiger charge is -2.11. The third-order valence-electron chi connectivity index (χ3n) is 2.46. The Morgan fingerprint density at radius 1 is 1.33 bits per heavy atom. The molecule has 1 aromatic carbocycles. The minimum Gasteiger partial charge on any atom is -0.382 e. The molecule has 2 rings (SSSR count). The number of aryl methyl sites for hydroxylation is 1. The molecule has 0 radical (unpaired) electrons. The van der Waals surface area contributed by atoms with Crippen LogP contribution >= 0.6 is 15.9 Å². The summed E-state index contributed by atoms with van der Waals surface area (Å²) in [6.07, 6.45) is -2.83. The average molecular weight is 320 g/mol. The standard InChI is InChI=1S/C11H9BrF3N3/c1-6-5-18(17-10(6)16)7-2-3-9(12)8(4-7)11(13,14)15/h2-5H,1H3,(H2,16,17). The first-order valence-electron chi connectivity index (χ1n) is 4.98. The minimum atomic E-state index is -4.41. The van der Waals surface area contributed by atoms with Crippen LogP contribution in [0.5, 0.6) is 0 Å². The van der Waals surface area contributed by atoms with Crippen molar-refractivity contribution in [1.82, 2.24) is 9.78 Å². The van der Waals surface area contributed by atoms with E-state index >= 15 is 0 Å². The Morgan fingerprint density at radius 3 is 2.50 bits per heavy atom. The Labute approximate surface area is 110 Å². The third-order valence-corrected chi connectivity index (χ3v) is 3.15. The van der Waals surface area contributed by atoms with E-state index in [-0.39, 0.29) is 4.47 Å². The van der Waals surface area contributed by atoms with Gasteiger partial charge in [0, 0.05) is 16.2 Å². The Bertz CT molecular complexity index is 570. The lowest BCUT2D eigenvalue weighted by atomic mass is 10.2. The molecule has 0 spiro atoms. The molecule has 0 unspecified atom stereocenters. The monoisotopic (exact) mass is 319 g/mol. The van der Waals surface area contributed by atoms with Gasteiger partial charge < -0.3 is 5.73 Å². The van der Waals surface area contributed by atoms with Gasteiger partial charge in [0.05, 0.1) is 11.3 Å². The molecule has 0 bridgehead atoms. The van der Waals surface area contributed by atoms with E-state index in [0.29, 0.717) is 17.1 Å². The molecule has 0 amide bonds. The van der Waals surface area contributed by atoms with E-state index in [4.69, 9.17) is 5.73 Å². The van der Waals surface area contributed by atoms with Gasteiger partial charge >= 0.3 is 6.18 Å². The van der Waals surface area contributed by atoms with Crippen molar-refractivity contribution in [2.75, 3.05) is 5.73 Å². The summed E-state index contributed by atoms with van der Waals surface area (Å²) in [5.41, 5.74) is 5.85. The first kappa shape index (κ1) is 12.9. The van der Waals surface area contributed by atoms with Crippen LogP contribution in [-0.2, 0) is 6.18 Å². The molecule has 2 aromatic rings. The number of anilines is 1. The van der Waals surface area contributed by atoms with Gasteiger partial charge in [-0.25, -0.2) is 4.68 Å². The van der Waals surface area contributed by atoms with Crippen molar-refractivity contribution in [3.05, 3.63) is 40.0 Å². The van der Waals surface area contributed by atoms with E-state index < -0.39 is 11.7 Å². The summed E-state index contributed by atoms with van der Waals surface area (Å²) in [4.78, 5) is 0. The summed E-state index contributed by atoms with van der Waals surface area (Å²) in [5, 5.41) is 3.95. The van der Waals surface area contributed by atoms with Crippen molar-refractivity contribution in [3.63, 3.8) is 0 Å². The molecule has 18 heavy (non-hydrogen) atoms. The predicted octanol–water partition coefficient (Wildman–Crippen LogP) is 3.54. The second-order valence-electron chi connectivity index (χ2n) is 3.80. The number of aromatic nitrogens is 2. The number of hydrogen-bond donors (Lipinski definition) is 1. The Morgan fingerprint density at radius 2 is 2.00 bits per heavy atom. The van der Waals surface area contributed by atoms with Gasteiger partial charge in [0.25, 0.3) is 0 Å². The summed E-state index contributed by atoms with van der Waals surface area (Å²) in [5.74, 6) is 0.298. The molecule has 96 valence electrons. The number of rotatable bonds is 1. The molecule has 2 N–H and O–H groups in total. The van der Waals surface area contributed by atoms with Crippen molar-refractivity contribution in [2.24, 2.45) is 0 Å². The molecular formula is C11H9BrF3N3. The second kappa shape index (κ2) is 4.31. The molecule has 0 atom stereocenters. The topological polar surface area (TPSA) is 43.8 Å². The fraction of sp³-hybridized carbons (Fsp3) is 0.182. The summed E-state index contributed by atoms with van der Waals surface area (Å²) in [6, 6.07) is 3.90. The summed E-state index contributed by atoms with van der Waals surface area (Å²) >= 11 is 2.88. The smallest absolute Gasteiger partial charge is 0.382 e. The maximum Gasteiger partial charge on any atom is 0.417 e. The molecule has 0 saturated heterocycles. The lowest BCUT2D eigenvalue weighted by Crippen LogP contribution is -2.07. The maximum absolute atomic E-state index is 12.7. The van der Waals surface area contributed by atoms with E-state index in [1.807, 2.05) is 0 Å². The van der Waals surface area contributed by atoms with Crippen LogP contribution in [0.15, 0.2) is 28.9 Å². The van der Waals surface area contributed by atoms with E-state index in [9.17, 15) is 13.2 Å². The van der Waals surface area contributed by atoms with Crippen molar-refractivity contribution >= 4 is 21.7 Å². The van der Waals surface area contributed by atoms with Crippen LogP contribution in [0.25, 0.3) is 5.69 Å². The van der Waals surface area contributed by atoms with Gasteiger partial charge in [-0.3, -0.25) is 0 Å². The number of nitrogen functional groups attached to an aromatic ring is 1. The van der Waals surface area contributed by atoms with E-state index in [1.54, 1.807) is 13.1 Å².